The first-order valence-electron chi connectivity index (χ1n) is 7.28. The molecule has 1 fully saturated rings. The van der Waals surface area contributed by atoms with Crippen LogP contribution in [0.1, 0.15) is 31.1 Å². The molecule has 6 nitrogen and oxygen atoms in total. The molecule has 1 aromatic heterocycles. The normalized spacial score (nSPS) is 18.2. The van der Waals surface area contributed by atoms with Crippen LogP contribution in [0.5, 0.6) is 5.75 Å². The molecule has 1 amide bonds. The standard InChI is InChI=1S/C15H17FN4O2/c16-11-5-1-2-7-13(11)22-9-14(21)20-8-4-3-6-12(20)15-17-10-18-19-15/h1-2,5,7,10,12H,3-4,6,8-9H2,(H,17,18,19)/t12-/m0/s1. The molecule has 0 bridgehead atoms. The molecule has 116 valence electrons. The summed E-state index contributed by atoms with van der Waals surface area (Å²) >= 11 is 0. The summed E-state index contributed by atoms with van der Waals surface area (Å²) in [7, 11) is 0. The summed E-state index contributed by atoms with van der Waals surface area (Å²) in [5.41, 5.74) is 0. The number of nitrogens with zero attached hydrogens (tertiary/aromatic N) is 3. The number of aromatic amines is 1. The van der Waals surface area contributed by atoms with Gasteiger partial charge in [-0.1, -0.05) is 12.1 Å². The molecule has 1 aromatic carbocycles. The molecule has 1 saturated heterocycles. The van der Waals surface area contributed by atoms with Crippen molar-refractivity contribution in [2.75, 3.05) is 13.2 Å². The summed E-state index contributed by atoms with van der Waals surface area (Å²) in [5, 5.41) is 6.66. The van der Waals surface area contributed by atoms with Crippen LogP contribution in [0, 0.1) is 5.82 Å². The molecular weight excluding hydrogens is 287 g/mol. The minimum absolute atomic E-state index is 0.0871. The maximum atomic E-state index is 13.5. The lowest BCUT2D eigenvalue weighted by molar-refractivity contribution is -0.137. The van der Waals surface area contributed by atoms with E-state index < -0.39 is 5.82 Å². The highest BCUT2D eigenvalue weighted by atomic mass is 19.1. The molecule has 2 heterocycles. The Balaban J connectivity index is 1.66. The van der Waals surface area contributed by atoms with E-state index >= 15 is 0 Å². The lowest BCUT2D eigenvalue weighted by Gasteiger charge is -2.34. The van der Waals surface area contributed by atoms with Crippen molar-refractivity contribution in [3.63, 3.8) is 0 Å². The molecule has 7 heteroatoms. The third-order valence-corrected chi connectivity index (χ3v) is 3.76. The van der Waals surface area contributed by atoms with Gasteiger partial charge in [0, 0.05) is 6.54 Å². The third-order valence-electron chi connectivity index (χ3n) is 3.76. The molecule has 1 N–H and O–H groups in total. The second-order valence-corrected chi connectivity index (χ2v) is 5.19. The van der Waals surface area contributed by atoms with Crippen molar-refractivity contribution in [3.8, 4) is 5.75 Å². The number of hydrogen-bond acceptors (Lipinski definition) is 4. The lowest BCUT2D eigenvalue weighted by atomic mass is 10.0. The van der Waals surface area contributed by atoms with Gasteiger partial charge in [-0.3, -0.25) is 9.89 Å². The number of piperidine rings is 1. The van der Waals surface area contributed by atoms with Crippen molar-refractivity contribution in [3.05, 3.63) is 42.2 Å². The molecule has 1 aliphatic heterocycles. The average Bonchev–Trinajstić information content (AvgIpc) is 3.08. The Morgan fingerprint density at radius 1 is 1.41 bits per heavy atom. The second-order valence-electron chi connectivity index (χ2n) is 5.19. The van der Waals surface area contributed by atoms with Crippen LogP contribution in [0.3, 0.4) is 0 Å². The maximum Gasteiger partial charge on any atom is 0.261 e. The van der Waals surface area contributed by atoms with Crippen molar-refractivity contribution in [1.82, 2.24) is 20.1 Å². The molecule has 0 unspecified atom stereocenters. The van der Waals surface area contributed by atoms with Crippen LogP contribution in [0.4, 0.5) is 4.39 Å². The second kappa shape index (κ2) is 6.55. The van der Waals surface area contributed by atoms with Crippen LogP contribution in [0.25, 0.3) is 0 Å². The van der Waals surface area contributed by atoms with Crippen molar-refractivity contribution >= 4 is 5.91 Å². The van der Waals surface area contributed by atoms with Crippen LogP contribution in [-0.2, 0) is 4.79 Å². The van der Waals surface area contributed by atoms with E-state index in [2.05, 4.69) is 15.2 Å². The van der Waals surface area contributed by atoms with Crippen LogP contribution in [-0.4, -0.2) is 39.1 Å². The Morgan fingerprint density at radius 2 is 2.27 bits per heavy atom. The maximum absolute atomic E-state index is 13.5. The van der Waals surface area contributed by atoms with Crippen molar-refractivity contribution in [1.29, 1.82) is 0 Å². The minimum atomic E-state index is -0.472. The Bertz CT molecular complexity index is 632. The van der Waals surface area contributed by atoms with Gasteiger partial charge in [0.1, 0.15) is 12.2 Å². The zero-order valence-corrected chi connectivity index (χ0v) is 12.0. The van der Waals surface area contributed by atoms with Gasteiger partial charge in [0.2, 0.25) is 0 Å². The van der Waals surface area contributed by atoms with Crippen molar-refractivity contribution in [2.45, 2.75) is 25.3 Å². The Labute approximate surface area is 127 Å². The Kier molecular flexibility index (Phi) is 4.32. The first-order chi connectivity index (χ1) is 10.8. The molecule has 0 radical (unpaired) electrons. The van der Waals surface area contributed by atoms with E-state index in [0.717, 1.165) is 19.3 Å². The number of nitrogens with one attached hydrogen (secondary N) is 1. The Morgan fingerprint density at radius 3 is 3.05 bits per heavy atom. The molecule has 0 aliphatic carbocycles. The van der Waals surface area contributed by atoms with Gasteiger partial charge in [0.05, 0.1) is 6.04 Å². The summed E-state index contributed by atoms with van der Waals surface area (Å²) in [5.74, 6) is 0.119. The van der Waals surface area contributed by atoms with Gasteiger partial charge >= 0.3 is 0 Å². The van der Waals surface area contributed by atoms with E-state index in [1.165, 1.54) is 18.5 Å². The topological polar surface area (TPSA) is 71.1 Å². The van der Waals surface area contributed by atoms with E-state index in [-0.39, 0.29) is 24.3 Å². The molecular formula is C15H17FN4O2. The van der Waals surface area contributed by atoms with Crippen LogP contribution < -0.4 is 4.74 Å². The van der Waals surface area contributed by atoms with Crippen LogP contribution in [0.2, 0.25) is 0 Å². The number of amides is 1. The van der Waals surface area contributed by atoms with E-state index in [1.54, 1.807) is 17.0 Å². The highest BCUT2D eigenvalue weighted by molar-refractivity contribution is 5.78. The largest absolute Gasteiger partial charge is 0.481 e. The quantitative estimate of drug-likeness (QED) is 0.938. The summed E-state index contributed by atoms with van der Waals surface area (Å²) in [6, 6.07) is 5.94. The zero-order chi connectivity index (χ0) is 15.4. The first kappa shape index (κ1) is 14.5. The number of hydrogen-bond donors (Lipinski definition) is 1. The van der Waals surface area contributed by atoms with E-state index in [9.17, 15) is 9.18 Å². The number of H-pyrrole nitrogens is 1. The summed E-state index contributed by atoms with van der Waals surface area (Å²) in [4.78, 5) is 18.3. The zero-order valence-electron chi connectivity index (χ0n) is 12.0. The smallest absolute Gasteiger partial charge is 0.261 e. The molecule has 0 saturated carbocycles. The fraction of sp³-hybridized carbons (Fsp3) is 0.400. The Hall–Kier alpha value is -2.44. The number of benzene rings is 1. The van der Waals surface area contributed by atoms with Crippen molar-refractivity contribution < 1.29 is 13.9 Å². The van der Waals surface area contributed by atoms with Gasteiger partial charge in [0.15, 0.2) is 18.2 Å². The van der Waals surface area contributed by atoms with Gasteiger partial charge in [-0.15, -0.1) is 0 Å². The fourth-order valence-corrected chi connectivity index (χ4v) is 2.67. The highest BCUT2D eigenvalue weighted by Crippen LogP contribution is 2.28. The molecule has 1 aliphatic rings. The number of likely N-dealkylation sites (tertiary alicyclic amines) is 1. The van der Waals surface area contributed by atoms with Crippen LogP contribution >= 0.6 is 0 Å². The number of halogens is 1. The monoisotopic (exact) mass is 304 g/mol. The molecule has 0 spiro atoms. The lowest BCUT2D eigenvalue weighted by Crippen LogP contribution is -2.41. The van der Waals surface area contributed by atoms with Gasteiger partial charge < -0.3 is 9.64 Å². The minimum Gasteiger partial charge on any atom is -0.481 e. The van der Waals surface area contributed by atoms with Crippen LogP contribution in [0.15, 0.2) is 30.6 Å². The van der Waals surface area contributed by atoms with Gasteiger partial charge in [-0.05, 0) is 31.4 Å². The molecule has 22 heavy (non-hydrogen) atoms. The molecule has 3 rings (SSSR count). The number of rotatable bonds is 4. The summed E-state index contributed by atoms with van der Waals surface area (Å²) < 4.78 is 18.8. The van der Waals surface area contributed by atoms with E-state index in [0.29, 0.717) is 12.4 Å². The number of aromatic nitrogens is 3. The van der Waals surface area contributed by atoms with Crippen molar-refractivity contribution in [2.24, 2.45) is 0 Å². The van der Waals surface area contributed by atoms with E-state index in [1.807, 2.05) is 0 Å². The molecule has 1 atom stereocenters. The number of carbonyl (C=O) groups excluding carboxylic acids is 1. The SMILES string of the molecule is O=C(COc1ccccc1F)N1CCCC[C@H]1c1ncn[nH]1. The first-order valence-corrected chi connectivity index (χ1v) is 7.28. The van der Waals surface area contributed by atoms with Gasteiger partial charge in [0.25, 0.3) is 5.91 Å². The number of ether oxygens (including phenoxy) is 1. The fourth-order valence-electron chi connectivity index (χ4n) is 2.67. The summed E-state index contributed by atoms with van der Waals surface area (Å²) in [6.45, 7) is 0.455. The predicted molar refractivity (Wildman–Crippen MR) is 76.6 cm³/mol. The van der Waals surface area contributed by atoms with Gasteiger partial charge in [-0.25, -0.2) is 9.37 Å². The highest BCUT2D eigenvalue weighted by Gasteiger charge is 2.30. The number of carbonyl (C=O) groups is 1. The number of para-hydroxylation sites is 1. The average molecular weight is 304 g/mol. The third kappa shape index (κ3) is 3.08. The summed E-state index contributed by atoms with van der Waals surface area (Å²) in [6.07, 6.45) is 4.24. The predicted octanol–water partition coefficient (Wildman–Crippen LogP) is 2.08. The van der Waals surface area contributed by atoms with E-state index in [4.69, 9.17) is 4.74 Å². The van der Waals surface area contributed by atoms with Gasteiger partial charge in [-0.2, -0.15) is 5.10 Å². The molecule has 2 aromatic rings.